The van der Waals surface area contributed by atoms with Crippen LogP contribution in [0.15, 0.2) is 6.07 Å². The van der Waals surface area contributed by atoms with Crippen LogP contribution in [-0.2, 0) is 0 Å². The van der Waals surface area contributed by atoms with E-state index in [4.69, 9.17) is 9.97 Å². The molecule has 2 rings (SSSR count). The quantitative estimate of drug-likeness (QED) is 0.891. The van der Waals surface area contributed by atoms with Gasteiger partial charge in [-0.25, -0.2) is 9.97 Å². The highest BCUT2D eigenvalue weighted by Crippen LogP contribution is 2.26. The van der Waals surface area contributed by atoms with Crippen LogP contribution in [0.5, 0.6) is 0 Å². The largest absolute Gasteiger partial charge is 0.317 e. The van der Waals surface area contributed by atoms with Crippen LogP contribution in [0.25, 0.3) is 0 Å². The van der Waals surface area contributed by atoms with Gasteiger partial charge in [0.05, 0.1) is 0 Å². The smallest absolute Gasteiger partial charge is 0.132 e. The Bertz CT molecular complexity index is 366. The zero-order chi connectivity index (χ0) is 13.1. The number of nitrogens with one attached hydrogen (secondary N) is 1. The molecule has 1 aliphatic heterocycles. The molecule has 0 amide bonds. The normalized spacial score (nSPS) is 17.7. The summed E-state index contributed by atoms with van der Waals surface area (Å²) in [4.78, 5) is 9.60. The average Bonchev–Trinajstić information content (AvgIpc) is 2.39. The zero-order valence-corrected chi connectivity index (χ0v) is 12.0. The molecule has 0 aliphatic carbocycles. The molecule has 0 unspecified atom stereocenters. The molecule has 0 aromatic carbocycles. The van der Waals surface area contributed by atoms with E-state index in [0.29, 0.717) is 17.8 Å². The van der Waals surface area contributed by atoms with Gasteiger partial charge in [-0.1, -0.05) is 27.7 Å². The topological polar surface area (TPSA) is 37.8 Å². The van der Waals surface area contributed by atoms with Crippen molar-refractivity contribution in [2.75, 3.05) is 13.1 Å². The van der Waals surface area contributed by atoms with Crippen LogP contribution in [-0.4, -0.2) is 23.1 Å². The predicted octanol–water partition coefficient (Wildman–Crippen LogP) is 3.19. The number of hydrogen-bond acceptors (Lipinski definition) is 3. The first-order chi connectivity index (χ1) is 8.58. The molecule has 0 saturated carbocycles. The lowest BCUT2D eigenvalue weighted by molar-refractivity contribution is 0.441. The summed E-state index contributed by atoms with van der Waals surface area (Å²) in [6.45, 7) is 11.0. The van der Waals surface area contributed by atoms with E-state index in [0.717, 1.165) is 18.9 Å². The lowest BCUT2D eigenvalue weighted by Gasteiger charge is -2.23. The van der Waals surface area contributed by atoms with E-state index in [2.05, 4.69) is 39.1 Å². The van der Waals surface area contributed by atoms with Crippen molar-refractivity contribution in [3.05, 3.63) is 23.3 Å². The van der Waals surface area contributed by atoms with Crippen LogP contribution in [0, 0.1) is 0 Å². The average molecular weight is 247 g/mol. The molecule has 3 nitrogen and oxygen atoms in total. The van der Waals surface area contributed by atoms with Crippen molar-refractivity contribution < 1.29 is 0 Å². The fraction of sp³-hybridized carbons (Fsp3) is 0.733. The van der Waals surface area contributed by atoms with Crippen LogP contribution < -0.4 is 5.32 Å². The standard InChI is InChI=1S/C15H25N3/c1-10(2)13-9-14(11(3)4)18-15(17-13)12-5-7-16-8-6-12/h9-12,16H,5-8H2,1-4H3. The number of nitrogens with zero attached hydrogens (tertiary/aromatic N) is 2. The van der Waals surface area contributed by atoms with E-state index in [-0.39, 0.29) is 0 Å². The van der Waals surface area contributed by atoms with Gasteiger partial charge in [-0.3, -0.25) is 0 Å². The minimum atomic E-state index is 0.478. The monoisotopic (exact) mass is 247 g/mol. The van der Waals surface area contributed by atoms with Crippen LogP contribution >= 0.6 is 0 Å². The molecule has 1 aliphatic rings. The van der Waals surface area contributed by atoms with Gasteiger partial charge < -0.3 is 5.32 Å². The lowest BCUT2D eigenvalue weighted by Crippen LogP contribution is -2.28. The number of piperidine rings is 1. The van der Waals surface area contributed by atoms with Gasteiger partial charge in [0.1, 0.15) is 5.82 Å². The van der Waals surface area contributed by atoms with Crippen molar-refractivity contribution in [2.45, 2.75) is 58.3 Å². The van der Waals surface area contributed by atoms with E-state index < -0.39 is 0 Å². The van der Waals surface area contributed by atoms with Crippen molar-refractivity contribution in [1.29, 1.82) is 0 Å². The first-order valence-electron chi connectivity index (χ1n) is 7.17. The van der Waals surface area contributed by atoms with Crippen molar-refractivity contribution in [3.63, 3.8) is 0 Å². The van der Waals surface area contributed by atoms with Crippen LogP contribution in [0.2, 0.25) is 0 Å². The zero-order valence-electron chi connectivity index (χ0n) is 12.0. The Hall–Kier alpha value is -0.960. The van der Waals surface area contributed by atoms with Crippen LogP contribution in [0.3, 0.4) is 0 Å². The summed E-state index contributed by atoms with van der Waals surface area (Å²) >= 11 is 0. The van der Waals surface area contributed by atoms with E-state index in [9.17, 15) is 0 Å². The summed E-state index contributed by atoms with van der Waals surface area (Å²) in [6.07, 6.45) is 2.33. The van der Waals surface area contributed by atoms with Crippen molar-refractivity contribution in [3.8, 4) is 0 Å². The highest BCUT2D eigenvalue weighted by atomic mass is 14.9. The van der Waals surface area contributed by atoms with Gasteiger partial charge in [0.25, 0.3) is 0 Å². The number of hydrogen-bond donors (Lipinski definition) is 1. The summed E-state index contributed by atoms with van der Waals surface area (Å²) in [5.74, 6) is 2.57. The van der Waals surface area contributed by atoms with E-state index in [1.165, 1.54) is 24.2 Å². The maximum atomic E-state index is 4.80. The van der Waals surface area contributed by atoms with E-state index in [1.807, 2.05) is 0 Å². The Balaban J connectivity index is 2.32. The molecular formula is C15H25N3. The third-order valence-corrected chi connectivity index (χ3v) is 3.67. The summed E-state index contributed by atoms with van der Waals surface area (Å²) in [5, 5.41) is 3.40. The Kier molecular flexibility index (Phi) is 4.33. The third-order valence-electron chi connectivity index (χ3n) is 3.67. The Morgan fingerprint density at radius 1 is 1.00 bits per heavy atom. The molecule has 0 bridgehead atoms. The molecule has 1 aromatic rings. The third kappa shape index (κ3) is 3.08. The second-order valence-electron chi connectivity index (χ2n) is 5.91. The maximum absolute atomic E-state index is 4.80. The van der Waals surface area contributed by atoms with Gasteiger partial charge in [-0.05, 0) is 43.8 Å². The van der Waals surface area contributed by atoms with Crippen molar-refractivity contribution in [1.82, 2.24) is 15.3 Å². The molecule has 3 heteroatoms. The molecule has 18 heavy (non-hydrogen) atoms. The first kappa shape index (κ1) is 13.5. The molecule has 0 radical (unpaired) electrons. The second kappa shape index (κ2) is 5.79. The molecule has 1 fully saturated rings. The Morgan fingerprint density at radius 2 is 1.50 bits per heavy atom. The molecule has 2 heterocycles. The minimum Gasteiger partial charge on any atom is -0.317 e. The van der Waals surface area contributed by atoms with Gasteiger partial charge in [0, 0.05) is 17.3 Å². The lowest BCUT2D eigenvalue weighted by atomic mass is 9.96. The predicted molar refractivity (Wildman–Crippen MR) is 75.1 cm³/mol. The van der Waals surface area contributed by atoms with Gasteiger partial charge in [0.2, 0.25) is 0 Å². The Morgan fingerprint density at radius 3 is 1.94 bits per heavy atom. The SMILES string of the molecule is CC(C)c1cc(C(C)C)nc(C2CCNCC2)n1. The van der Waals surface area contributed by atoms with E-state index in [1.54, 1.807) is 0 Å². The van der Waals surface area contributed by atoms with Crippen molar-refractivity contribution >= 4 is 0 Å². The maximum Gasteiger partial charge on any atom is 0.132 e. The molecule has 1 saturated heterocycles. The van der Waals surface area contributed by atoms with Gasteiger partial charge in [0.15, 0.2) is 0 Å². The molecule has 1 N–H and O–H groups in total. The first-order valence-corrected chi connectivity index (χ1v) is 7.17. The highest BCUT2D eigenvalue weighted by Gasteiger charge is 2.20. The summed E-state index contributed by atoms with van der Waals surface area (Å²) < 4.78 is 0. The highest BCUT2D eigenvalue weighted by molar-refractivity contribution is 5.18. The minimum absolute atomic E-state index is 0.478. The molecule has 0 atom stereocenters. The van der Waals surface area contributed by atoms with E-state index >= 15 is 0 Å². The van der Waals surface area contributed by atoms with Gasteiger partial charge >= 0.3 is 0 Å². The summed E-state index contributed by atoms with van der Waals surface area (Å²) in [6, 6.07) is 2.18. The van der Waals surface area contributed by atoms with Gasteiger partial charge in [-0.2, -0.15) is 0 Å². The second-order valence-corrected chi connectivity index (χ2v) is 5.91. The van der Waals surface area contributed by atoms with Crippen LogP contribution in [0.4, 0.5) is 0 Å². The molecule has 100 valence electrons. The number of aromatic nitrogens is 2. The Labute approximate surface area is 110 Å². The van der Waals surface area contributed by atoms with Gasteiger partial charge in [-0.15, -0.1) is 0 Å². The fourth-order valence-electron chi connectivity index (χ4n) is 2.36. The fourth-order valence-corrected chi connectivity index (χ4v) is 2.36. The number of rotatable bonds is 3. The molecule has 0 spiro atoms. The molecule has 1 aromatic heterocycles. The van der Waals surface area contributed by atoms with Crippen LogP contribution in [0.1, 0.15) is 75.5 Å². The molecular weight excluding hydrogens is 222 g/mol. The summed E-state index contributed by atoms with van der Waals surface area (Å²) in [7, 11) is 0. The van der Waals surface area contributed by atoms with Crippen molar-refractivity contribution in [2.24, 2.45) is 0 Å². The summed E-state index contributed by atoms with van der Waals surface area (Å²) in [5.41, 5.74) is 2.39.